The van der Waals surface area contributed by atoms with Crippen molar-refractivity contribution >= 4 is 6.03 Å². The number of urea groups is 1. The SMILES string of the molecule is CC[C@H](NC(=O)NCc1c(C)cc(C)[nH]c1=O)c1ccccc1OC. The molecule has 134 valence electrons. The van der Waals surface area contributed by atoms with Gasteiger partial charge in [0.25, 0.3) is 5.56 Å². The summed E-state index contributed by atoms with van der Waals surface area (Å²) < 4.78 is 5.36. The number of carbonyl (C=O) groups excluding carboxylic acids is 1. The molecule has 0 fully saturated rings. The highest BCUT2D eigenvalue weighted by Gasteiger charge is 2.16. The molecule has 1 heterocycles. The highest BCUT2D eigenvalue weighted by molar-refractivity contribution is 5.74. The minimum absolute atomic E-state index is 0.172. The Labute approximate surface area is 147 Å². The fourth-order valence-electron chi connectivity index (χ4n) is 2.83. The third-order valence-electron chi connectivity index (χ3n) is 4.15. The summed E-state index contributed by atoms with van der Waals surface area (Å²) in [5.74, 6) is 0.737. The van der Waals surface area contributed by atoms with Gasteiger partial charge in [0.05, 0.1) is 19.7 Å². The Bertz CT molecular complexity index is 799. The first kappa shape index (κ1) is 18.6. The third-order valence-corrected chi connectivity index (χ3v) is 4.15. The molecule has 0 bridgehead atoms. The second kappa shape index (κ2) is 8.37. The van der Waals surface area contributed by atoms with Crippen LogP contribution in [0.1, 0.15) is 41.8 Å². The van der Waals surface area contributed by atoms with Gasteiger partial charge in [-0.25, -0.2) is 4.79 Å². The lowest BCUT2D eigenvalue weighted by Gasteiger charge is -2.20. The van der Waals surface area contributed by atoms with Crippen molar-refractivity contribution in [3.8, 4) is 5.75 Å². The van der Waals surface area contributed by atoms with E-state index in [-0.39, 0.29) is 24.2 Å². The number of carbonyl (C=O) groups is 1. The van der Waals surface area contributed by atoms with E-state index in [2.05, 4.69) is 15.6 Å². The van der Waals surface area contributed by atoms with Gasteiger partial charge in [0.1, 0.15) is 5.75 Å². The monoisotopic (exact) mass is 343 g/mol. The molecule has 6 nitrogen and oxygen atoms in total. The smallest absolute Gasteiger partial charge is 0.315 e. The predicted octanol–water partition coefficient (Wildman–Crippen LogP) is 2.95. The van der Waals surface area contributed by atoms with Crippen LogP contribution in [0.2, 0.25) is 0 Å². The second-order valence-electron chi connectivity index (χ2n) is 5.97. The summed E-state index contributed by atoms with van der Waals surface area (Å²) in [6.07, 6.45) is 0.720. The number of hydrogen-bond donors (Lipinski definition) is 3. The van der Waals surface area contributed by atoms with Crippen LogP contribution in [-0.4, -0.2) is 18.1 Å². The van der Waals surface area contributed by atoms with Crippen LogP contribution < -0.4 is 20.9 Å². The van der Waals surface area contributed by atoms with E-state index in [0.29, 0.717) is 5.56 Å². The zero-order chi connectivity index (χ0) is 18.4. The van der Waals surface area contributed by atoms with Crippen LogP contribution in [0.15, 0.2) is 35.1 Å². The maximum Gasteiger partial charge on any atom is 0.315 e. The van der Waals surface area contributed by atoms with Crippen LogP contribution in [0, 0.1) is 13.8 Å². The highest BCUT2D eigenvalue weighted by Crippen LogP contribution is 2.26. The van der Waals surface area contributed by atoms with E-state index in [1.165, 1.54) is 0 Å². The minimum Gasteiger partial charge on any atom is -0.496 e. The molecule has 0 aliphatic carbocycles. The molecule has 0 aliphatic rings. The van der Waals surface area contributed by atoms with Crippen molar-refractivity contribution in [2.75, 3.05) is 7.11 Å². The van der Waals surface area contributed by atoms with Crippen molar-refractivity contribution in [1.29, 1.82) is 0 Å². The quantitative estimate of drug-likeness (QED) is 0.754. The number of hydrogen-bond acceptors (Lipinski definition) is 3. The summed E-state index contributed by atoms with van der Waals surface area (Å²) in [5.41, 5.74) is 2.98. The molecule has 25 heavy (non-hydrogen) atoms. The molecule has 0 saturated heterocycles. The summed E-state index contributed by atoms with van der Waals surface area (Å²) >= 11 is 0. The molecule has 2 amide bonds. The molecule has 2 aromatic rings. The molecule has 6 heteroatoms. The van der Waals surface area contributed by atoms with E-state index in [4.69, 9.17) is 4.74 Å². The van der Waals surface area contributed by atoms with Crippen molar-refractivity contribution in [2.24, 2.45) is 0 Å². The molecular weight excluding hydrogens is 318 g/mol. The number of benzene rings is 1. The number of nitrogens with one attached hydrogen (secondary N) is 3. The van der Waals surface area contributed by atoms with Gasteiger partial charge in [0, 0.05) is 16.8 Å². The van der Waals surface area contributed by atoms with Crippen molar-refractivity contribution in [2.45, 2.75) is 39.8 Å². The first-order chi connectivity index (χ1) is 12.0. The number of aromatic amines is 1. The number of H-pyrrole nitrogens is 1. The number of aryl methyl sites for hydroxylation is 2. The molecule has 0 unspecified atom stereocenters. The fourth-order valence-corrected chi connectivity index (χ4v) is 2.83. The summed E-state index contributed by atoms with van der Waals surface area (Å²) in [5, 5.41) is 5.70. The van der Waals surface area contributed by atoms with Gasteiger partial charge in [0.2, 0.25) is 0 Å². The van der Waals surface area contributed by atoms with Gasteiger partial charge in [-0.2, -0.15) is 0 Å². The molecule has 0 radical (unpaired) electrons. The molecule has 1 aromatic carbocycles. The van der Waals surface area contributed by atoms with Crippen molar-refractivity contribution in [3.63, 3.8) is 0 Å². The second-order valence-corrected chi connectivity index (χ2v) is 5.97. The Morgan fingerprint density at radius 3 is 2.64 bits per heavy atom. The Balaban J connectivity index is 2.05. The number of rotatable bonds is 6. The van der Waals surface area contributed by atoms with E-state index in [9.17, 15) is 9.59 Å². The van der Waals surface area contributed by atoms with E-state index in [1.807, 2.05) is 51.1 Å². The van der Waals surface area contributed by atoms with Gasteiger partial charge in [-0.15, -0.1) is 0 Å². The largest absolute Gasteiger partial charge is 0.496 e. The number of aromatic nitrogens is 1. The Kier molecular flexibility index (Phi) is 6.22. The number of amides is 2. The van der Waals surface area contributed by atoms with E-state index >= 15 is 0 Å². The topological polar surface area (TPSA) is 83.2 Å². The first-order valence-corrected chi connectivity index (χ1v) is 8.33. The number of para-hydroxylation sites is 1. The molecular formula is C19H25N3O3. The Morgan fingerprint density at radius 2 is 2.00 bits per heavy atom. The molecule has 2 rings (SSSR count). The van der Waals surface area contributed by atoms with Gasteiger partial charge in [0.15, 0.2) is 0 Å². The Hall–Kier alpha value is -2.76. The molecule has 1 aromatic heterocycles. The zero-order valence-corrected chi connectivity index (χ0v) is 15.1. The maximum absolute atomic E-state index is 12.3. The van der Waals surface area contributed by atoms with Crippen LogP contribution in [0.3, 0.4) is 0 Å². The van der Waals surface area contributed by atoms with Crippen LogP contribution in [0.4, 0.5) is 4.79 Å². The third kappa shape index (κ3) is 4.62. The van der Waals surface area contributed by atoms with Crippen LogP contribution in [0.5, 0.6) is 5.75 Å². The van der Waals surface area contributed by atoms with Gasteiger partial charge in [-0.05, 0) is 38.0 Å². The summed E-state index contributed by atoms with van der Waals surface area (Å²) in [6.45, 7) is 5.86. The minimum atomic E-state index is -0.322. The first-order valence-electron chi connectivity index (χ1n) is 8.33. The van der Waals surface area contributed by atoms with Crippen molar-refractivity contribution < 1.29 is 9.53 Å². The molecule has 0 aliphatic heterocycles. The predicted molar refractivity (Wildman–Crippen MR) is 97.9 cm³/mol. The lowest BCUT2D eigenvalue weighted by atomic mass is 10.0. The lowest BCUT2D eigenvalue weighted by molar-refractivity contribution is 0.236. The zero-order valence-electron chi connectivity index (χ0n) is 15.1. The van der Waals surface area contributed by atoms with Crippen LogP contribution in [0.25, 0.3) is 0 Å². The maximum atomic E-state index is 12.3. The number of pyridine rings is 1. The standard InChI is InChI=1S/C19H25N3O3/c1-5-16(14-8-6-7-9-17(14)25-4)22-19(24)20-11-15-12(2)10-13(3)21-18(15)23/h6-10,16H,5,11H2,1-4H3,(H,21,23)(H2,20,22,24)/t16-/m0/s1. The van der Waals surface area contributed by atoms with E-state index < -0.39 is 0 Å². The highest BCUT2D eigenvalue weighted by atomic mass is 16.5. The van der Waals surface area contributed by atoms with Crippen molar-refractivity contribution in [3.05, 3.63) is 63.1 Å². The van der Waals surface area contributed by atoms with Crippen LogP contribution in [-0.2, 0) is 6.54 Å². The average Bonchev–Trinajstić information content (AvgIpc) is 2.58. The molecule has 0 saturated carbocycles. The Morgan fingerprint density at radius 1 is 1.28 bits per heavy atom. The van der Waals surface area contributed by atoms with Crippen molar-refractivity contribution in [1.82, 2.24) is 15.6 Å². The summed E-state index contributed by atoms with van der Waals surface area (Å²) in [7, 11) is 1.61. The average molecular weight is 343 g/mol. The normalized spacial score (nSPS) is 11.7. The molecule has 0 spiro atoms. The van der Waals surface area contributed by atoms with E-state index in [0.717, 1.165) is 29.0 Å². The van der Waals surface area contributed by atoms with Gasteiger partial charge in [-0.3, -0.25) is 4.79 Å². The summed E-state index contributed by atoms with van der Waals surface area (Å²) in [4.78, 5) is 27.0. The van der Waals surface area contributed by atoms with Gasteiger partial charge >= 0.3 is 6.03 Å². The fraction of sp³-hybridized carbons (Fsp3) is 0.368. The number of methoxy groups -OCH3 is 1. The lowest BCUT2D eigenvalue weighted by Crippen LogP contribution is -2.38. The van der Waals surface area contributed by atoms with Crippen LogP contribution >= 0.6 is 0 Å². The van der Waals surface area contributed by atoms with Gasteiger partial charge < -0.3 is 20.4 Å². The van der Waals surface area contributed by atoms with E-state index in [1.54, 1.807) is 7.11 Å². The molecule has 3 N–H and O–H groups in total. The number of ether oxygens (including phenoxy) is 1. The summed E-state index contributed by atoms with van der Waals surface area (Å²) in [6, 6.07) is 9.00. The van der Waals surface area contributed by atoms with Gasteiger partial charge in [-0.1, -0.05) is 25.1 Å². The molecule has 1 atom stereocenters.